The Morgan fingerprint density at radius 1 is 1.38 bits per heavy atom. The van der Waals surface area contributed by atoms with Crippen molar-refractivity contribution in [3.8, 4) is 0 Å². The molecule has 136 valence electrons. The first-order valence-corrected chi connectivity index (χ1v) is 8.95. The predicted octanol–water partition coefficient (Wildman–Crippen LogP) is 3.92. The SMILES string of the molecule is CCNC(=NCC1CCCN(C)C1)NC(C)c1ccc(Cl)cc1.I. The van der Waals surface area contributed by atoms with Gasteiger partial charge in [-0.1, -0.05) is 23.7 Å². The summed E-state index contributed by atoms with van der Waals surface area (Å²) in [4.78, 5) is 7.20. The van der Waals surface area contributed by atoms with E-state index in [1.54, 1.807) is 0 Å². The van der Waals surface area contributed by atoms with Crippen molar-refractivity contribution in [3.63, 3.8) is 0 Å². The quantitative estimate of drug-likeness (QED) is 0.394. The molecule has 1 aliphatic heterocycles. The van der Waals surface area contributed by atoms with Crippen molar-refractivity contribution in [2.45, 2.75) is 32.7 Å². The van der Waals surface area contributed by atoms with Crippen LogP contribution in [0.5, 0.6) is 0 Å². The summed E-state index contributed by atoms with van der Waals surface area (Å²) in [6.07, 6.45) is 2.56. The molecule has 1 heterocycles. The summed E-state index contributed by atoms with van der Waals surface area (Å²) in [5, 5.41) is 7.60. The summed E-state index contributed by atoms with van der Waals surface area (Å²) in [7, 11) is 2.20. The highest BCUT2D eigenvalue weighted by molar-refractivity contribution is 14.0. The lowest BCUT2D eigenvalue weighted by Crippen LogP contribution is -2.40. The third kappa shape index (κ3) is 7.15. The van der Waals surface area contributed by atoms with Gasteiger partial charge < -0.3 is 15.5 Å². The molecule has 2 atom stereocenters. The summed E-state index contributed by atoms with van der Waals surface area (Å²) in [6.45, 7) is 8.35. The van der Waals surface area contributed by atoms with Gasteiger partial charge in [0.1, 0.15) is 0 Å². The second kappa shape index (κ2) is 11.2. The summed E-state index contributed by atoms with van der Waals surface area (Å²) >= 11 is 5.96. The van der Waals surface area contributed by atoms with Crippen LogP contribution < -0.4 is 10.6 Å². The number of likely N-dealkylation sites (tertiary alicyclic amines) is 1. The van der Waals surface area contributed by atoms with Crippen LogP contribution in [0.15, 0.2) is 29.3 Å². The summed E-state index contributed by atoms with van der Waals surface area (Å²) in [5.74, 6) is 1.55. The maximum Gasteiger partial charge on any atom is 0.191 e. The number of hydrogen-bond donors (Lipinski definition) is 2. The van der Waals surface area contributed by atoms with Gasteiger partial charge >= 0.3 is 0 Å². The molecule has 0 spiro atoms. The van der Waals surface area contributed by atoms with Crippen molar-refractivity contribution in [1.82, 2.24) is 15.5 Å². The van der Waals surface area contributed by atoms with Crippen LogP contribution in [0, 0.1) is 5.92 Å². The third-order valence-electron chi connectivity index (χ3n) is 4.30. The maximum atomic E-state index is 5.96. The Morgan fingerprint density at radius 2 is 2.08 bits per heavy atom. The van der Waals surface area contributed by atoms with Gasteiger partial charge in [-0.15, -0.1) is 24.0 Å². The van der Waals surface area contributed by atoms with E-state index in [1.807, 2.05) is 12.1 Å². The molecule has 2 rings (SSSR count). The molecule has 1 aromatic carbocycles. The number of piperidine rings is 1. The summed E-state index contributed by atoms with van der Waals surface area (Å²) < 4.78 is 0. The number of rotatable bonds is 5. The highest BCUT2D eigenvalue weighted by Gasteiger charge is 2.17. The molecule has 24 heavy (non-hydrogen) atoms. The molecule has 0 radical (unpaired) electrons. The van der Waals surface area contributed by atoms with Crippen LogP contribution in [0.25, 0.3) is 0 Å². The first kappa shape index (κ1) is 21.5. The average Bonchev–Trinajstić information content (AvgIpc) is 2.53. The molecule has 1 saturated heterocycles. The van der Waals surface area contributed by atoms with E-state index < -0.39 is 0 Å². The lowest BCUT2D eigenvalue weighted by Gasteiger charge is -2.29. The minimum atomic E-state index is 0. The number of nitrogens with one attached hydrogen (secondary N) is 2. The highest BCUT2D eigenvalue weighted by atomic mass is 127. The van der Waals surface area contributed by atoms with Crippen LogP contribution >= 0.6 is 35.6 Å². The fourth-order valence-electron chi connectivity index (χ4n) is 3.00. The monoisotopic (exact) mass is 464 g/mol. The van der Waals surface area contributed by atoms with Crippen molar-refractivity contribution in [1.29, 1.82) is 0 Å². The molecule has 1 aromatic rings. The topological polar surface area (TPSA) is 39.7 Å². The normalized spacial score (nSPS) is 20.2. The zero-order chi connectivity index (χ0) is 16.7. The van der Waals surface area contributed by atoms with E-state index in [2.05, 4.69) is 48.6 Å². The molecule has 0 bridgehead atoms. The number of aliphatic imine (C=N–C) groups is 1. The molecule has 1 aliphatic rings. The Bertz CT molecular complexity index is 506. The number of guanidine groups is 1. The Balaban J connectivity index is 0.00000288. The summed E-state index contributed by atoms with van der Waals surface area (Å²) in [5.41, 5.74) is 1.21. The van der Waals surface area contributed by atoms with Crippen LogP contribution in [0.1, 0.15) is 38.3 Å². The van der Waals surface area contributed by atoms with Crippen molar-refractivity contribution < 1.29 is 0 Å². The van der Waals surface area contributed by atoms with Gasteiger partial charge in [0, 0.05) is 24.7 Å². The Labute approximate surface area is 168 Å². The smallest absolute Gasteiger partial charge is 0.191 e. The second-order valence-electron chi connectivity index (χ2n) is 6.41. The lowest BCUT2D eigenvalue weighted by atomic mass is 9.99. The van der Waals surface area contributed by atoms with E-state index in [1.165, 1.54) is 24.9 Å². The number of halogens is 2. The fraction of sp³-hybridized carbons (Fsp3) is 0.611. The molecular formula is C18H30ClIN4. The van der Waals surface area contributed by atoms with E-state index in [0.717, 1.165) is 30.6 Å². The molecule has 2 unspecified atom stereocenters. The first-order chi connectivity index (χ1) is 11.1. The van der Waals surface area contributed by atoms with E-state index in [0.29, 0.717) is 5.92 Å². The van der Waals surface area contributed by atoms with Crippen LogP contribution in [0.4, 0.5) is 0 Å². The van der Waals surface area contributed by atoms with Gasteiger partial charge in [0.05, 0.1) is 6.04 Å². The second-order valence-corrected chi connectivity index (χ2v) is 6.84. The van der Waals surface area contributed by atoms with Gasteiger partial charge in [0.15, 0.2) is 5.96 Å². The van der Waals surface area contributed by atoms with Crippen molar-refractivity contribution in [2.24, 2.45) is 10.9 Å². The lowest BCUT2D eigenvalue weighted by molar-refractivity contribution is 0.214. The minimum Gasteiger partial charge on any atom is -0.357 e. The van der Waals surface area contributed by atoms with E-state index >= 15 is 0 Å². The minimum absolute atomic E-state index is 0. The zero-order valence-electron chi connectivity index (χ0n) is 14.9. The molecule has 1 fully saturated rings. The van der Waals surface area contributed by atoms with Crippen molar-refractivity contribution in [3.05, 3.63) is 34.9 Å². The van der Waals surface area contributed by atoms with Crippen molar-refractivity contribution in [2.75, 3.05) is 33.2 Å². The molecule has 0 aliphatic carbocycles. The van der Waals surface area contributed by atoms with Gasteiger partial charge in [-0.25, -0.2) is 0 Å². The van der Waals surface area contributed by atoms with Gasteiger partial charge in [-0.05, 0) is 63.9 Å². The van der Waals surface area contributed by atoms with Crippen LogP contribution in [-0.4, -0.2) is 44.1 Å². The largest absolute Gasteiger partial charge is 0.357 e. The number of nitrogens with zero attached hydrogens (tertiary/aromatic N) is 2. The average molecular weight is 465 g/mol. The molecule has 0 saturated carbocycles. The van der Waals surface area contributed by atoms with Crippen LogP contribution in [0.3, 0.4) is 0 Å². The third-order valence-corrected chi connectivity index (χ3v) is 4.55. The molecular weight excluding hydrogens is 435 g/mol. The van der Waals surface area contributed by atoms with E-state index in [4.69, 9.17) is 16.6 Å². The standard InChI is InChI=1S/C18H29ClN4.HI/c1-4-20-18(21-12-15-6-5-11-23(3)13-15)22-14(2)16-7-9-17(19)10-8-16;/h7-10,14-15H,4-6,11-13H2,1-3H3,(H2,20,21,22);1H. The Morgan fingerprint density at radius 3 is 2.71 bits per heavy atom. The molecule has 6 heteroatoms. The van der Waals surface area contributed by atoms with Gasteiger partial charge in [-0.3, -0.25) is 4.99 Å². The highest BCUT2D eigenvalue weighted by Crippen LogP contribution is 2.17. The summed E-state index contributed by atoms with van der Waals surface area (Å²) in [6, 6.07) is 8.16. The fourth-order valence-corrected chi connectivity index (χ4v) is 3.13. The Hall–Kier alpha value is -0.530. The van der Waals surface area contributed by atoms with Gasteiger partial charge in [-0.2, -0.15) is 0 Å². The van der Waals surface area contributed by atoms with E-state index in [9.17, 15) is 0 Å². The maximum absolute atomic E-state index is 5.96. The molecule has 0 amide bonds. The van der Waals surface area contributed by atoms with Gasteiger partial charge in [0.2, 0.25) is 0 Å². The predicted molar refractivity (Wildman–Crippen MR) is 115 cm³/mol. The zero-order valence-corrected chi connectivity index (χ0v) is 18.0. The Kier molecular flexibility index (Phi) is 10.0. The van der Waals surface area contributed by atoms with E-state index in [-0.39, 0.29) is 30.0 Å². The molecule has 4 nitrogen and oxygen atoms in total. The molecule has 2 N–H and O–H groups in total. The molecule has 0 aromatic heterocycles. The van der Waals surface area contributed by atoms with Crippen LogP contribution in [-0.2, 0) is 0 Å². The van der Waals surface area contributed by atoms with Gasteiger partial charge in [0.25, 0.3) is 0 Å². The number of hydrogen-bond acceptors (Lipinski definition) is 2. The first-order valence-electron chi connectivity index (χ1n) is 8.57. The van der Waals surface area contributed by atoms with Crippen molar-refractivity contribution >= 4 is 41.5 Å². The number of benzene rings is 1. The van der Waals surface area contributed by atoms with Crippen LogP contribution in [0.2, 0.25) is 5.02 Å².